The summed E-state index contributed by atoms with van der Waals surface area (Å²) in [6, 6.07) is 16.0. The molecule has 0 saturated carbocycles. The second-order valence-electron chi connectivity index (χ2n) is 6.06. The van der Waals surface area contributed by atoms with Crippen LogP contribution in [0.15, 0.2) is 71.4 Å². The molecule has 2 N–H and O–H groups in total. The molecule has 0 atom stereocenters. The zero-order valence-corrected chi connectivity index (χ0v) is 15.6. The summed E-state index contributed by atoms with van der Waals surface area (Å²) < 4.78 is 16.5. The van der Waals surface area contributed by atoms with E-state index in [4.69, 9.17) is 13.9 Å². The number of para-hydroxylation sites is 2. The number of methoxy groups -OCH3 is 1. The number of rotatable bonds is 7. The maximum Gasteiger partial charge on any atom is 0.292 e. The van der Waals surface area contributed by atoms with E-state index in [0.717, 1.165) is 11.3 Å². The molecule has 0 aliphatic heterocycles. The van der Waals surface area contributed by atoms with Crippen molar-refractivity contribution < 1.29 is 18.7 Å². The van der Waals surface area contributed by atoms with Gasteiger partial charge in [-0.1, -0.05) is 12.1 Å². The molecular weight excluding hydrogens is 372 g/mol. The third kappa shape index (κ3) is 4.27. The lowest BCUT2D eigenvalue weighted by Crippen LogP contribution is -2.11. The van der Waals surface area contributed by atoms with Crippen LogP contribution in [0.3, 0.4) is 0 Å². The van der Waals surface area contributed by atoms with Gasteiger partial charge in [0.05, 0.1) is 12.8 Å². The number of pyridine rings is 1. The number of nitrogens with one attached hydrogen (secondary N) is 2. The van der Waals surface area contributed by atoms with Gasteiger partial charge in [0.15, 0.2) is 23.1 Å². The number of hydrogen-bond donors (Lipinski definition) is 2. The van der Waals surface area contributed by atoms with Crippen LogP contribution in [-0.4, -0.2) is 28.2 Å². The van der Waals surface area contributed by atoms with Crippen molar-refractivity contribution >= 4 is 11.7 Å². The first-order valence-electron chi connectivity index (χ1n) is 8.84. The molecule has 146 valence electrons. The predicted octanol–water partition coefficient (Wildman–Crippen LogP) is 3.90. The molecule has 0 aliphatic rings. The normalized spacial score (nSPS) is 10.5. The molecular formula is C21H18N4O4. The van der Waals surface area contributed by atoms with Crippen LogP contribution in [0.5, 0.6) is 11.5 Å². The largest absolute Gasteiger partial charge is 0.493 e. The van der Waals surface area contributed by atoms with Gasteiger partial charge in [-0.05, 0) is 36.4 Å². The zero-order valence-electron chi connectivity index (χ0n) is 15.6. The van der Waals surface area contributed by atoms with Crippen LogP contribution >= 0.6 is 0 Å². The van der Waals surface area contributed by atoms with Crippen LogP contribution in [0.2, 0.25) is 0 Å². The second-order valence-corrected chi connectivity index (χ2v) is 6.06. The molecule has 4 rings (SSSR count). The van der Waals surface area contributed by atoms with Crippen molar-refractivity contribution in [2.75, 3.05) is 12.4 Å². The van der Waals surface area contributed by atoms with Gasteiger partial charge in [-0.25, -0.2) is 0 Å². The van der Waals surface area contributed by atoms with Crippen molar-refractivity contribution in [2.24, 2.45) is 0 Å². The summed E-state index contributed by atoms with van der Waals surface area (Å²) in [7, 11) is 1.58. The van der Waals surface area contributed by atoms with E-state index in [0.29, 0.717) is 23.1 Å². The number of aromatic amines is 1. The smallest absolute Gasteiger partial charge is 0.292 e. The molecule has 4 aromatic rings. The molecule has 1 amide bonds. The lowest BCUT2D eigenvalue weighted by atomic mass is 10.2. The van der Waals surface area contributed by atoms with Gasteiger partial charge in [0.2, 0.25) is 0 Å². The summed E-state index contributed by atoms with van der Waals surface area (Å²) in [5, 5.41) is 9.68. The van der Waals surface area contributed by atoms with Gasteiger partial charge in [-0.3, -0.25) is 14.9 Å². The van der Waals surface area contributed by atoms with Crippen LogP contribution in [-0.2, 0) is 6.61 Å². The molecule has 0 fully saturated rings. The van der Waals surface area contributed by atoms with Gasteiger partial charge in [0, 0.05) is 24.0 Å². The van der Waals surface area contributed by atoms with Crippen LogP contribution in [0.1, 0.15) is 16.3 Å². The third-order valence-electron chi connectivity index (χ3n) is 4.14. The fourth-order valence-corrected chi connectivity index (χ4v) is 2.71. The van der Waals surface area contributed by atoms with Crippen molar-refractivity contribution in [1.82, 2.24) is 15.2 Å². The molecule has 29 heavy (non-hydrogen) atoms. The Balaban J connectivity index is 1.38. The molecule has 8 nitrogen and oxygen atoms in total. The summed E-state index contributed by atoms with van der Waals surface area (Å²) in [6.45, 7) is 0.169. The fraction of sp³-hybridized carbons (Fsp3) is 0.0952. The number of benzene rings is 1. The highest BCUT2D eigenvalue weighted by Crippen LogP contribution is 2.27. The van der Waals surface area contributed by atoms with Gasteiger partial charge in [0.1, 0.15) is 12.4 Å². The minimum atomic E-state index is -0.402. The van der Waals surface area contributed by atoms with E-state index in [-0.39, 0.29) is 12.4 Å². The summed E-state index contributed by atoms with van der Waals surface area (Å²) in [4.78, 5) is 16.4. The van der Waals surface area contributed by atoms with E-state index in [1.807, 2.05) is 24.3 Å². The number of aromatic nitrogens is 3. The minimum Gasteiger partial charge on any atom is -0.493 e. The number of nitrogens with zero attached hydrogens (tertiary/aromatic N) is 2. The highest BCUT2D eigenvalue weighted by Gasteiger charge is 2.14. The van der Waals surface area contributed by atoms with Crippen molar-refractivity contribution in [2.45, 2.75) is 6.61 Å². The van der Waals surface area contributed by atoms with Crippen LogP contribution in [0.4, 0.5) is 5.82 Å². The fourth-order valence-electron chi connectivity index (χ4n) is 2.71. The topological polar surface area (TPSA) is 102 Å². The van der Waals surface area contributed by atoms with Gasteiger partial charge in [-0.2, -0.15) is 5.10 Å². The molecule has 3 heterocycles. The average Bonchev–Trinajstić information content (AvgIpc) is 3.43. The second kappa shape index (κ2) is 8.30. The molecule has 0 saturated heterocycles. The number of carbonyl (C=O) groups is 1. The first-order chi connectivity index (χ1) is 14.2. The van der Waals surface area contributed by atoms with Crippen LogP contribution in [0, 0.1) is 0 Å². The lowest BCUT2D eigenvalue weighted by Gasteiger charge is -2.08. The van der Waals surface area contributed by atoms with Gasteiger partial charge < -0.3 is 19.2 Å². The number of hydrogen-bond acceptors (Lipinski definition) is 6. The Labute approximate surface area is 166 Å². The lowest BCUT2D eigenvalue weighted by molar-refractivity contribution is 0.0992. The number of ether oxygens (including phenoxy) is 2. The summed E-state index contributed by atoms with van der Waals surface area (Å²) >= 11 is 0. The summed E-state index contributed by atoms with van der Waals surface area (Å²) in [5.41, 5.74) is 1.69. The Kier molecular flexibility index (Phi) is 5.24. The zero-order chi connectivity index (χ0) is 20.1. The first kappa shape index (κ1) is 18.3. The number of anilines is 1. The molecule has 0 spiro atoms. The highest BCUT2D eigenvalue weighted by atomic mass is 16.5. The van der Waals surface area contributed by atoms with E-state index >= 15 is 0 Å². The molecule has 8 heteroatoms. The molecule has 0 aliphatic carbocycles. The molecule has 0 radical (unpaired) electrons. The quantitative estimate of drug-likeness (QED) is 0.496. The highest BCUT2D eigenvalue weighted by molar-refractivity contribution is 6.01. The van der Waals surface area contributed by atoms with Crippen LogP contribution < -0.4 is 14.8 Å². The van der Waals surface area contributed by atoms with Crippen molar-refractivity contribution in [3.05, 3.63) is 78.5 Å². The summed E-state index contributed by atoms with van der Waals surface area (Å²) in [6.07, 6.45) is 3.37. The van der Waals surface area contributed by atoms with Crippen LogP contribution in [0.25, 0.3) is 11.3 Å². The first-order valence-corrected chi connectivity index (χ1v) is 8.84. The van der Waals surface area contributed by atoms with Gasteiger partial charge >= 0.3 is 0 Å². The van der Waals surface area contributed by atoms with Gasteiger partial charge in [0.25, 0.3) is 5.91 Å². The van der Waals surface area contributed by atoms with Crippen molar-refractivity contribution in [3.63, 3.8) is 0 Å². The number of H-pyrrole nitrogens is 1. The van der Waals surface area contributed by atoms with E-state index in [2.05, 4.69) is 20.5 Å². The Morgan fingerprint density at radius 1 is 1.10 bits per heavy atom. The SMILES string of the molecule is COc1ccccc1OCc1ccc(C(=O)Nc2cc(-c3ccncc3)[nH]n2)o1. The number of amides is 1. The van der Waals surface area contributed by atoms with Crippen molar-refractivity contribution in [1.29, 1.82) is 0 Å². The van der Waals surface area contributed by atoms with E-state index in [1.165, 1.54) is 0 Å². The van der Waals surface area contributed by atoms with Gasteiger partial charge in [-0.15, -0.1) is 0 Å². The Morgan fingerprint density at radius 2 is 1.90 bits per heavy atom. The van der Waals surface area contributed by atoms with Crippen molar-refractivity contribution in [3.8, 4) is 22.8 Å². The average molecular weight is 390 g/mol. The minimum absolute atomic E-state index is 0.164. The maximum absolute atomic E-state index is 12.4. The van der Waals surface area contributed by atoms with E-state index in [1.54, 1.807) is 49.8 Å². The third-order valence-corrected chi connectivity index (χ3v) is 4.14. The van der Waals surface area contributed by atoms with E-state index < -0.39 is 5.91 Å². The monoisotopic (exact) mass is 390 g/mol. The summed E-state index contributed by atoms with van der Waals surface area (Å²) in [5.74, 6) is 1.89. The standard InChI is InChI=1S/C21H18N4O4/c1-27-17-4-2-3-5-18(17)28-13-15-6-7-19(29-15)21(26)23-20-12-16(24-25-20)14-8-10-22-11-9-14/h2-12H,13H2,1H3,(H2,23,24,25,26). The Morgan fingerprint density at radius 3 is 2.69 bits per heavy atom. The Hall–Kier alpha value is -4.07. The molecule has 0 unspecified atom stereocenters. The Bertz CT molecular complexity index is 1100. The predicted molar refractivity (Wildman–Crippen MR) is 106 cm³/mol. The number of furan rings is 1. The maximum atomic E-state index is 12.4. The van der Waals surface area contributed by atoms with E-state index in [9.17, 15) is 4.79 Å². The molecule has 1 aromatic carbocycles. The molecule has 0 bridgehead atoms. The molecule has 3 aromatic heterocycles. The number of carbonyl (C=O) groups excluding carboxylic acids is 1.